The molecule has 0 bridgehead atoms. The van der Waals surface area contributed by atoms with E-state index in [1.807, 2.05) is 4.90 Å². The average Bonchev–Trinajstić information content (AvgIpc) is 2.76. The third-order valence-corrected chi connectivity index (χ3v) is 4.07. The fourth-order valence-corrected chi connectivity index (χ4v) is 2.96. The van der Waals surface area contributed by atoms with E-state index in [1.165, 1.54) is 11.5 Å². The predicted molar refractivity (Wildman–Crippen MR) is 76.4 cm³/mol. The molecule has 0 spiro atoms. The normalized spacial score (nSPS) is 16.5. The molecule has 106 valence electrons. The van der Waals surface area contributed by atoms with Crippen molar-refractivity contribution in [3.8, 4) is 0 Å². The Labute approximate surface area is 117 Å². The molecule has 2 rings (SSSR count). The Morgan fingerprint density at radius 3 is 2.89 bits per heavy atom. The number of nitrogens with two attached hydrogens (primary N) is 1. The number of hydrogen-bond acceptors (Lipinski definition) is 6. The molecule has 1 aliphatic heterocycles. The first kappa shape index (κ1) is 14.2. The molecule has 1 fully saturated rings. The molecule has 1 aliphatic rings. The lowest BCUT2D eigenvalue weighted by molar-refractivity contribution is -0.130. The Hall–Kier alpha value is -1.21. The van der Waals surface area contributed by atoms with Gasteiger partial charge in [-0.25, -0.2) is 4.98 Å². The van der Waals surface area contributed by atoms with Crippen LogP contribution in [-0.4, -0.2) is 52.9 Å². The maximum atomic E-state index is 11.8. The minimum atomic E-state index is 0.163. The summed E-state index contributed by atoms with van der Waals surface area (Å²) in [6, 6.07) is 0. The molecule has 1 aromatic heterocycles. The molecule has 6 nitrogen and oxygen atoms in total. The zero-order chi connectivity index (χ0) is 13.7. The van der Waals surface area contributed by atoms with Gasteiger partial charge in [-0.05, 0) is 6.42 Å². The highest BCUT2D eigenvalue weighted by molar-refractivity contribution is 7.09. The molecule has 2 N–H and O–H groups in total. The first-order chi connectivity index (χ1) is 9.24. The van der Waals surface area contributed by atoms with E-state index in [4.69, 9.17) is 5.73 Å². The van der Waals surface area contributed by atoms with Crippen LogP contribution >= 0.6 is 11.5 Å². The average molecular weight is 283 g/mol. The van der Waals surface area contributed by atoms with Crippen molar-refractivity contribution >= 4 is 22.6 Å². The number of carbonyl (C=O) groups excluding carboxylic acids is 1. The number of amides is 1. The molecule has 0 saturated carbocycles. The van der Waals surface area contributed by atoms with Gasteiger partial charge in [0.1, 0.15) is 5.82 Å². The molecular formula is C12H21N5OS. The Kier molecular flexibility index (Phi) is 5.09. The van der Waals surface area contributed by atoms with Gasteiger partial charge in [0.25, 0.3) is 0 Å². The van der Waals surface area contributed by atoms with Gasteiger partial charge in [0.2, 0.25) is 11.0 Å². The van der Waals surface area contributed by atoms with Gasteiger partial charge in [0.15, 0.2) is 0 Å². The number of hydrogen-bond donors (Lipinski definition) is 1. The van der Waals surface area contributed by atoms with Crippen molar-refractivity contribution in [1.82, 2.24) is 14.3 Å². The Balaban J connectivity index is 1.94. The minimum Gasteiger partial charge on any atom is -0.345 e. The summed E-state index contributed by atoms with van der Waals surface area (Å²) in [5, 5.41) is 0.977. The second-order valence-electron chi connectivity index (χ2n) is 4.61. The highest BCUT2D eigenvalue weighted by Gasteiger charge is 2.20. The highest BCUT2D eigenvalue weighted by Crippen LogP contribution is 2.19. The molecule has 0 aromatic carbocycles. The Morgan fingerprint density at radius 1 is 1.37 bits per heavy atom. The highest BCUT2D eigenvalue weighted by atomic mass is 32.1. The van der Waals surface area contributed by atoms with Crippen LogP contribution in [0.3, 0.4) is 0 Å². The monoisotopic (exact) mass is 283 g/mol. The maximum absolute atomic E-state index is 11.8. The van der Waals surface area contributed by atoms with E-state index in [-0.39, 0.29) is 5.91 Å². The lowest BCUT2D eigenvalue weighted by atomic mass is 10.3. The summed E-state index contributed by atoms with van der Waals surface area (Å²) in [7, 11) is 0. The Morgan fingerprint density at radius 2 is 2.21 bits per heavy atom. The number of carbonyl (C=O) groups is 1. The lowest BCUT2D eigenvalue weighted by Gasteiger charge is -2.21. The van der Waals surface area contributed by atoms with Crippen LogP contribution in [0.15, 0.2) is 0 Å². The van der Waals surface area contributed by atoms with Gasteiger partial charge >= 0.3 is 0 Å². The summed E-state index contributed by atoms with van der Waals surface area (Å²) >= 11 is 1.45. The second-order valence-corrected chi connectivity index (χ2v) is 5.34. The van der Waals surface area contributed by atoms with Crippen LogP contribution in [0.5, 0.6) is 0 Å². The molecule has 0 radical (unpaired) electrons. The molecule has 7 heteroatoms. The van der Waals surface area contributed by atoms with E-state index in [2.05, 4.69) is 21.2 Å². The van der Waals surface area contributed by atoms with Crippen LogP contribution in [0.4, 0.5) is 5.13 Å². The summed E-state index contributed by atoms with van der Waals surface area (Å²) in [5.74, 6) is 1.07. The fraction of sp³-hybridized carbons (Fsp3) is 0.750. The summed E-state index contributed by atoms with van der Waals surface area (Å²) in [4.78, 5) is 20.5. The van der Waals surface area contributed by atoms with Crippen molar-refractivity contribution in [3.63, 3.8) is 0 Å². The molecule has 1 amide bonds. The van der Waals surface area contributed by atoms with Crippen molar-refractivity contribution in [1.29, 1.82) is 0 Å². The van der Waals surface area contributed by atoms with E-state index in [9.17, 15) is 4.79 Å². The van der Waals surface area contributed by atoms with Crippen molar-refractivity contribution in [2.75, 3.05) is 37.6 Å². The minimum absolute atomic E-state index is 0.163. The molecule has 19 heavy (non-hydrogen) atoms. The van der Waals surface area contributed by atoms with Gasteiger partial charge in [-0.2, -0.15) is 4.37 Å². The third-order valence-electron chi connectivity index (χ3n) is 3.25. The molecule has 0 atom stereocenters. The SMILES string of the molecule is CCc1nsc(N2CCCN(C(=O)CCN)CC2)n1. The van der Waals surface area contributed by atoms with Gasteiger partial charge in [-0.15, -0.1) is 0 Å². The van der Waals surface area contributed by atoms with Crippen LogP contribution in [0.25, 0.3) is 0 Å². The number of aromatic nitrogens is 2. The van der Waals surface area contributed by atoms with Crippen molar-refractivity contribution in [3.05, 3.63) is 5.82 Å². The zero-order valence-electron chi connectivity index (χ0n) is 11.3. The van der Waals surface area contributed by atoms with Crippen molar-refractivity contribution in [2.45, 2.75) is 26.2 Å². The van der Waals surface area contributed by atoms with E-state index >= 15 is 0 Å². The van der Waals surface area contributed by atoms with Crippen LogP contribution < -0.4 is 10.6 Å². The van der Waals surface area contributed by atoms with Gasteiger partial charge in [0, 0.05) is 57.1 Å². The van der Waals surface area contributed by atoms with E-state index in [0.29, 0.717) is 13.0 Å². The van der Waals surface area contributed by atoms with E-state index < -0.39 is 0 Å². The number of nitrogens with zero attached hydrogens (tertiary/aromatic N) is 4. The summed E-state index contributed by atoms with van der Waals surface area (Å²) in [6.07, 6.45) is 2.28. The standard InChI is InChI=1S/C12H21N5OS/c1-2-10-14-12(19-15-10)17-7-3-6-16(8-9-17)11(18)4-5-13/h2-9,13H2,1H3. The van der Waals surface area contributed by atoms with Gasteiger partial charge < -0.3 is 15.5 Å². The molecule has 0 unspecified atom stereocenters. The van der Waals surface area contributed by atoms with E-state index in [0.717, 1.165) is 50.0 Å². The number of aryl methyl sites for hydroxylation is 1. The van der Waals surface area contributed by atoms with Gasteiger partial charge in [0.05, 0.1) is 0 Å². The molecular weight excluding hydrogens is 262 g/mol. The Bertz CT molecular complexity index is 422. The summed E-state index contributed by atoms with van der Waals surface area (Å²) < 4.78 is 4.32. The number of anilines is 1. The van der Waals surface area contributed by atoms with Crippen LogP contribution in [0.1, 0.15) is 25.6 Å². The fourth-order valence-electron chi connectivity index (χ4n) is 2.16. The summed E-state index contributed by atoms with van der Waals surface area (Å²) in [5.41, 5.74) is 5.44. The zero-order valence-corrected chi connectivity index (χ0v) is 12.2. The second kappa shape index (κ2) is 6.81. The molecule has 0 aliphatic carbocycles. The van der Waals surface area contributed by atoms with Crippen LogP contribution in [0, 0.1) is 0 Å². The summed E-state index contributed by atoms with van der Waals surface area (Å²) in [6.45, 7) is 5.81. The molecule has 1 saturated heterocycles. The maximum Gasteiger partial charge on any atom is 0.223 e. The molecule has 1 aromatic rings. The predicted octanol–water partition coefficient (Wildman–Crippen LogP) is 0.488. The topological polar surface area (TPSA) is 75.4 Å². The van der Waals surface area contributed by atoms with Gasteiger partial charge in [-0.1, -0.05) is 6.92 Å². The van der Waals surface area contributed by atoms with Crippen molar-refractivity contribution < 1.29 is 4.79 Å². The first-order valence-electron chi connectivity index (χ1n) is 6.80. The third kappa shape index (κ3) is 3.63. The quantitative estimate of drug-likeness (QED) is 0.870. The van der Waals surface area contributed by atoms with Crippen molar-refractivity contribution in [2.24, 2.45) is 5.73 Å². The van der Waals surface area contributed by atoms with Crippen LogP contribution in [0.2, 0.25) is 0 Å². The first-order valence-corrected chi connectivity index (χ1v) is 7.57. The lowest BCUT2D eigenvalue weighted by Crippen LogP contribution is -2.36. The van der Waals surface area contributed by atoms with Crippen LogP contribution in [-0.2, 0) is 11.2 Å². The largest absolute Gasteiger partial charge is 0.345 e. The van der Waals surface area contributed by atoms with E-state index in [1.54, 1.807) is 0 Å². The van der Waals surface area contributed by atoms with Gasteiger partial charge in [-0.3, -0.25) is 4.79 Å². The molecule has 2 heterocycles. The number of rotatable bonds is 4. The smallest absolute Gasteiger partial charge is 0.223 e.